The number of carbonyl (C=O) groups excluding carboxylic acids is 2. The van der Waals surface area contributed by atoms with Crippen LogP contribution in [0, 0.1) is 6.92 Å². The standard InChI is InChI=1S/C14H19NO3/c1-11-8-14(18-13(11)9-16)15(2,10-17)12-6-4-3-5-7-12/h8,10,12H,3-7H2,1-2H3/q+1. The number of amides is 1. The van der Waals surface area contributed by atoms with E-state index in [-0.39, 0.29) is 16.3 Å². The number of aryl methyl sites for hydroxylation is 1. The maximum atomic E-state index is 11.5. The molecule has 0 aliphatic heterocycles. The summed E-state index contributed by atoms with van der Waals surface area (Å²) in [4.78, 5) is 22.3. The highest BCUT2D eigenvalue weighted by Gasteiger charge is 2.39. The number of hydrogen-bond donors (Lipinski definition) is 0. The highest BCUT2D eigenvalue weighted by Crippen LogP contribution is 2.33. The van der Waals surface area contributed by atoms with Gasteiger partial charge in [0.1, 0.15) is 6.04 Å². The Balaban J connectivity index is 2.35. The molecule has 1 radical (unpaired) electrons. The fraction of sp³-hybridized carbons (Fsp3) is 0.571. The first-order valence-corrected chi connectivity index (χ1v) is 6.43. The molecule has 1 heterocycles. The van der Waals surface area contributed by atoms with E-state index in [0.717, 1.165) is 37.7 Å². The maximum absolute atomic E-state index is 11.5. The van der Waals surface area contributed by atoms with Gasteiger partial charge in [-0.2, -0.15) is 4.48 Å². The first-order chi connectivity index (χ1) is 8.61. The van der Waals surface area contributed by atoms with Crippen molar-refractivity contribution in [2.24, 2.45) is 0 Å². The van der Waals surface area contributed by atoms with Crippen molar-refractivity contribution < 1.29 is 14.0 Å². The molecule has 1 aromatic rings. The van der Waals surface area contributed by atoms with Crippen LogP contribution in [-0.2, 0) is 9.59 Å². The third-order valence-electron chi connectivity index (χ3n) is 4.02. The van der Waals surface area contributed by atoms with Gasteiger partial charge >= 0.3 is 12.3 Å². The average Bonchev–Trinajstić information content (AvgIpc) is 2.80. The molecule has 0 bridgehead atoms. The number of rotatable bonds is 4. The van der Waals surface area contributed by atoms with Crippen LogP contribution in [0.5, 0.6) is 0 Å². The molecule has 1 aromatic heterocycles. The summed E-state index contributed by atoms with van der Waals surface area (Å²) in [7, 11) is 1.86. The Labute approximate surface area is 107 Å². The van der Waals surface area contributed by atoms with Gasteiger partial charge in [0.15, 0.2) is 5.76 Å². The van der Waals surface area contributed by atoms with Crippen LogP contribution in [0.25, 0.3) is 0 Å². The van der Waals surface area contributed by atoms with E-state index in [4.69, 9.17) is 4.42 Å². The molecule has 1 saturated carbocycles. The molecule has 1 atom stereocenters. The minimum absolute atomic E-state index is 0.127. The first kappa shape index (κ1) is 13.0. The Morgan fingerprint density at radius 2 is 2.06 bits per heavy atom. The summed E-state index contributed by atoms with van der Waals surface area (Å²) in [5.41, 5.74) is 0.738. The lowest BCUT2D eigenvalue weighted by atomic mass is 9.93. The third kappa shape index (κ3) is 2.12. The van der Waals surface area contributed by atoms with Crippen molar-refractivity contribution in [3.05, 3.63) is 17.4 Å². The van der Waals surface area contributed by atoms with E-state index < -0.39 is 0 Å². The number of quaternary nitrogens is 1. The fourth-order valence-electron chi connectivity index (χ4n) is 2.74. The van der Waals surface area contributed by atoms with Crippen molar-refractivity contribution in [2.45, 2.75) is 45.1 Å². The van der Waals surface area contributed by atoms with Crippen molar-refractivity contribution in [1.82, 2.24) is 4.48 Å². The number of hydrogen-bond acceptors (Lipinski definition) is 3. The van der Waals surface area contributed by atoms with E-state index in [2.05, 4.69) is 0 Å². The van der Waals surface area contributed by atoms with E-state index in [1.807, 2.05) is 7.05 Å². The smallest absolute Gasteiger partial charge is 0.309 e. The van der Waals surface area contributed by atoms with Gasteiger partial charge < -0.3 is 4.42 Å². The molecule has 4 nitrogen and oxygen atoms in total. The Kier molecular flexibility index (Phi) is 3.66. The van der Waals surface area contributed by atoms with Crippen LogP contribution in [-0.4, -0.2) is 25.8 Å². The van der Waals surface area contributed by atoms with E-state index in [0.29, 0.717) is 5.88 Å². The van der Waals surface area contributed by atoms with Crippen LogP contribution in [0.4, 0.5) is 5.88 Å². The quantitative estimate of drug-likeness (QED) is 0.608. The largest absolute Gasteiger partial charge is 0.408 e. The maximum Gasteiger partial charge on any atom is 0.309 e. The van der Waals surface area contributed by atoms with E-state index >= 15 is 0 Å². The summed E-state index contributed by atoms with van der Waals surface area (Å²) < 4.78 is 5.62. The second-order valence-electron chi connectivity index (χ2n) is 5.24. The molecule has 0 N–H and O–H groups in total. The molecule has 0 aromatic carbocycles. The molecule has 1 aliphatic rings. The lowest BCUT2D eigenvalue weighted by Gasteiger charge is -2.35. The highest BCUT2D eigenvalue weighted by atomic mass is 16.4. The molecule has 2 rings (SSSR count). The lowest BCUT2D eigenvalue weighted by Crippen LogP contribution is -2.53. The molecule has 0 spiro atoms. The van der Waals surface area contributed by atoms with Gasteiger partial charge in [0.05, 0.1) is 7.05 Å². The van der Waals surface area contributed by atoms with Crippen molar-refractivity contribution >= 4 is 18.6 Å². The zero-order valence-electron chi connectivity index (χ0n) is 10.9. The molecule has 0 saturated heterocycles. The first-order valence-electron chi connectivity index (χ1n) is 6.43. The summed E-state index contributed by atoms with van der Waals surface area (Å²) in [6.07, 6.45) is 8.28. The summed E-state index contributed by atoms with van der Waals surface area (Å²) in [5, 5.41) is 0. The molecular weight excluding hydrogens is 230 g/mol. The molecule has 1 unspecified atom stereocenters. The Bertz CT molecular complexity index is 446. The van der Waals surface area contributed by atoms with Gasteiger partial charge in [-0.05, 0) is 19.8 Å². The van der Waals surface area contributed by atoms with Crippen molar-refractivity contribution in [3.63, 3.8) is 0 Å². The summed E-state index contributed by atoms with van der Waals surface area (Å²) >= 11 is 0. The van der Waals surface area contributed by atoms with Gasteiger partial charge in [-0.15, -0.1) is 0 Å². The van der Waals surface area contributed by atoms with E-state index in [1.54, 1.807) is 19.3 Å². The second kappa shape index (κ2) is 5.06. The van der Waals surface area contributed by atoms with Crippen LogP contribution < -0.4 is 4.48 Å². The number of carbonyl (C=O) groups is 1. The Morgan fingerprint density at radius 3 is 2.56 bits per heavy atom. The summed E-state index contributed by atoms with van der Waals surface area (Å²) in [5.74, 6) is 0.750. The second-order valence-corrected chi connectivity index (χ2v) is 5.24. The van der Waals surface area contributed by atoms with Crippen LogP contribution in [0.2, 0.25) is 0 Å². The number of nitrogens with zero attached hydrogens (tertiary/aromatic N) is 1. The molecule has 1 fully saturated rings. The molecule has 4 heteroatoms. The molecule has 1 amide bonds. The van der Waals surface area contributed by atoms with Crippen molar-refractivity contribution in [2.75, 3.05) is 7.05 Å². The predicted octanol–water partition coefficient (Wildman–Crippen LogP) is 2.47. The highest BCUT2D eigenvalue weighted by molar-refractivity contribution is 5.76. The van der Waals surface area contributed by atoms with E-state index in [1.165, 1.54) is 6.42 Å². The molecule has 18 heavy (non-hydrogen) atoms. The van der Waals surface area contributed by atoms with Gasteiger partial charge in [0, 0.05) is 24.5 Å². The predicted molar refractivity (Wildman–Crippen MR) is 68.9 cm³/mol. The minimum Gasteiger partial charge on any atom is -0.408 e. The van der Waals surface area contributed by atoms with Crippen molar-refractivity contribution in [3.8, 4) is 0 Å². The van der Waals surface area contributed by atoms with Gasteiger partial charge in [-0.1, -0.05) is 6.42 Å². The normalized spacial score (nSPS) is 20.3. The van der Waals surface area contributed by atoms with Crippen LogP contribution in [0.3, 0.4) is 0 Å². The Morgan fingerprint density at radius 1 is 1.39 bits per heavy atom. The molecule has 1 aliphatic carbocycles. The summed E-state index contributed by atoms with van der Waals surface area (Å²) in [6.45, 7) is 1.79. The SMILES string of the molecule is Cc1cc([N+](C)(C=O)C2CCCCC2)oc1[C]=O. The van der Waals surface area contributed by atoms with Gasteiger partial charge in [0.25, 0.3) is 6.29 Å². The topological polar surface area (TPSA) is 47.3 Å². The fourth-order valence-corrected chi connectivity index (χ4v) is 2.74. The lowest BCUT2D eigenvalue weighted by molar-refractivity contribution is -0.119. The van der Waals surface area contributed by atoms with Crippen LogP contribution in [0.1, 0.15) is 43.4 Å². The third-order valence-corrected chi connectivity index (χ3v) is 4.02. The van der Waals surface area contributed by atoms with Crippen LogP contribution >= 0.6 is 0 Å². The van der Waals surface area contributed by atoms with Gasteiger partial charge in [-0.3, -0.25) is 4.79 Å². The van der Waals surface area contributed by atoms with Crippen molar-refractivity contribution in [1.29, 1.82) is 0 Å². The van der Waals surface area contributed by atoms with Gasteiger partial charge in [-0.25, -0.2) is 4.79 Å². The molecule has 97 valence electrons. The monoisotopic (exact) mass is 249 g/mol. The zero-order valence-corrected chi connectivity index (χ0v) is 10.9. The van der Waals surface area contributed by atoms with Gasteiger partial charge in [0.2, 0.25) is 0 Å². The van der Waals surface area contributed by atoms with E-state index in [9.17, 15) is 9.59 Å². The molecular formula is C14H19NO3+. The van der Waals surface area contributed by atoms with Crippen LogP contribution in [0.15, 0.2) is 10.5 Å². The zero-order chi connectivity index (χ0) is 13.2. The average molecular weight is 249 g/mol. The minimum atomic E-state index is 0.127. The number of furan rings is 1. The Hall–Kier alpha value is -1.42. The summed E-state index contributed by atoms with van der Waals surface area (Å²) in [6, 6.07) is 2.03.